The summed E-state index contributed by atoms with van der Waals surface area (Å²) < 4.78 is 36.0. The number of nitrogens with one attached hydrogen (secondary N) is 1. The molecule has 14 nitrogen and oxygen atoms in total. The highest BCUT2D eigenvalue weighted by Crippen LogP contribution is 2.65. The molecule has 8 aliphatic heterocycles. The Morgan fingerprint density at radius 1 is 1.02 bits per heavy atom. The average molecular weight is 762 g/mol. The number of aliphatic hydroxyl groups is 1. The molecule has 7 atom stereocenters. The van der Waals surface area contributed by atoms with Crippen LogP contribution in [0.2, 0.25) is 0 Å². The number of hydrogen-bond acceptors (Lipinski definition) is 15. The number of esters is 2. The van der Waals surface area contributed by atoms with Gasteiger partial charge in [0.1, 0.15) is 18.1 Å². The van der Waals surface area contributed by atoms with Crippen molar-refractivity contribution >= 4 is 23.7 Å². The predicted molar refractivity (Wildman–Crippen MR) is 195 cm³/mol. The molecule has 8 heterocycles. The standard InChI is InChI=1S/C39H43N3O11S/c1-17-9-21-12-38(47)14-41(4)29(26(21)31(45)32(17)49-6)30-36-28-27(35-34(51-16-52-35)18(2)33(28)53-19(3)43)23(42(30)38)13-50-37(46)39(15-54-36)22-11-25(48-5)24(44)10-20(22)7-8-40-39/h9-11,23,29-30,36,40,44-45,47H,7-8,12-16H2,1-6H3/t23-,29?,30?,36+,38-,39+/m0/s1. The van der Waals surface area contributed by atoms with E-state index >= 15 is 0 Å². The maximum Gasteiger partial charge on any atom is 0.331 e. The van der Waals surface area contributed by atoms with Crippen molar-refractivity contribution in [1.29, 1.82) is 0 Å². The molecule has 0 aromatic heterocycles. The van der Waals surface area contributed by atoms with Crippen LogP contribution in [0.5, 0.6) is 40.2 Å². The normalized spacial score (nSPS) is 30.4. The first-order valence-corrected chi connectivity index (χ1v) is 19.1. The van der Waals surface area contributed by atoms with Gasteiger partial charge in [0.2, 0.25) is 6.79 Å². The molecular formula is C39H43N3O11S. The number of methoxy groups -OCH3 is 2. The summed E-state index contributed by atoms with van der Waals surface area (Å²) in [5.41, 5.74) is 2.60. The number of likely N-dealkylation sites (N-methyl/N-ethyl adjacent to an activating group) is 1. The van der Waals surface area contributed by atoms with E-state index in [0.717, 1.165) is 16.7 Å². The van der Waals surface area contributed by atoms with E-state index in [2.05, 4.69) is 10.2 Å². The molecule has 11 rings (SSSR count). The summed E-state index contributed by atoms with van der Waals surface area (Å²) in [6.07, 6.45) is 0.730. The monoisotopic (exact) mass is 761 g/mol. The van der Waals surface area contributed by atoms with Crippen molar-refractivity contribution < 1.29 is 53.3 Å². The third-order valence-corrected chi connectivity index (χ3v) is 13.6. The molecule has 3 unspecified atom stereocenters. The maximum absolute atomic E-state index is 14.7. The Hall–Kier alpha value is -4.41. The second-order valence-corrected chi connectivity index (χ2v) is 16.2. The molecule has 1 spiro atoms. The summed E-state index contributed by atoms with van der Waals surface area (Å²) in [5, 5.41) is 38.8. The van der Waals surface area contributed by atoms with Crippen molar-refractivity contribution in [3.63, 3.8) is 0 Å². The van der Waals surface area contributed by atoms with Crippen LogP contribution in [0.3, 0.4) is 0 Å². The van der Waals surface area contributed by atoms with E-state index < -0.39 is 46.6 Å². The summed E-state index contributed by atoms with van der Waals surface area (Å²) >= 11 is 1.47. The van der Waals surface area contributed by atoms with E-state index in [4.69, 9.17) is 28.4 Å². The molecule has 0 radical (unpaired) electrons. The Morgan fingerprint density at radius 2 is 1.80 bits per heavy atom. The first kappa shape index (κ1) is 35.3. The van der Waals surface area contributed by atoms with Gasteiger partial charge in [0.25, 0.3) is 0 Å². The largest absolute Gasteiger partial charge is 0.504 e. The number of phenols is 2. The lowest BCUT2D eigenvalue weighted by Gasteiger charge is -2.60. The third kappa shape index (κ3) is 4.74. The van der Waals surface area contributed by atoms with Crippen LogP contribution in [0, 0.1) is 13.8 Å². The number of phenolic OH excluding ortho intramolecular Hbond substituents is 2. The van der Waals surface area contributed by atoms with Crippen LogP contribution in [0.1, 0.15) is 68.8 Å². The van der Waals surface area contributed by atoms with Gasteiger partial charge in [0.05, 0.1) is 31.6 Å². The lowest BCUT2D eigenvalue weighted by molar-refractivity contribution is -0.215. The van der Waals surface area contributed by atoms with Gasteiger partial charge in [0, 0.05) is 60.5 Å². The number of rotatable bonds is 3. The van der Waals surface area contributed by atoms with Crippen LogP contribution < -0.4 is 29.0 Å². The van der Waals surface area contributed by atoms with Crippen LogP contribution in [-0.2, 0) is 32.7 Å². The lowest BCUT2D eigenvalue weighted by atomic mass is 9.78. The van der Waals surface area contributed by atoms with Crippen LogP contribution in [0.15, 0.2) is 18.2 Å². The van der Waals surface area contributed by atoms with Crippen molar-refractivity contribution in [2.24, 2.45) is 0 Å². The number of hydrogen-bond donors (Lipinski definition) is 4. The average Bonchev–Trinajstić information content (AvgIpc) is 3.54. The minimum atomic E-state index is -1.52. The second kappa shape index (κ2) is 12.3. The molecule has 286 valence electrons. The molecule has 0 aliphatic carbocycles. The zero-order chi connectivity index (χ0) is 38.0. The van der Waals surface area contributed by atoms with E-state index in [9.17, 15) is 24.9 Å². The SMILES string of the molecule is COc1cc2c(cc1O)CCN[C@]21CS[C@@H]2c3c(OC(C)=O)c(C)c4c(c3[C@H](COC1=O)N1C2C2c3c(cc(C)c(OC)c3O)C[C@]1(O)CN2C)OCO4. The minimum absolute atomic E-state index is 0.00777. The Balaban J connectivity index is 1.33. The number of fused-ring (bicyclic) bond motifs is 6. The van der Waals surface area contributed by atoms with E-state index in [1.165, 1.54) is 32.9 Å². The smallest absolute Gasteiger partial charge is 0.331 e. The Kier molecular flexibility index (Phi) is 8.04. The van der Waals surface area contributed by atoms with Gasteiger partial charge in [-0.3, -0.25) is 19.9 Å². The highest BCUT2D eigenvalue weighted by atomic mass is 32.2. The lowest BCUT2D eigenvalue weighted by Crippen LogP contribution is -2.70. The number of benzene rings is 3. The van der Waals surface area contributed by atoms with E-state index in [0.29, 0.717) is 63.8 Å². The van der Waals surface area contributed by atoms with Gasteiger partial charge < -0.3 is 43.7 Å². The number of aryl methyl sites for hydroxylation is 1. The fourth-order valence-electron chi connectivity index (χ4n) is 10.1. The van der Waals surface area contributed by atoms with Crippen LogP contribution in [0.25, 0.3) is 0 Å². The summed E-state index contributed by atoms with van der Waals surface area (Å²) in [4.78, 5) is 31.7. The third-order valence-electron chi connectivity index (χ3n) is 12.1. The molecular weight excluding hydrogens is 719 g/mol. The van der Waals surface area contributed by atoms with Crippen molar-refractivity contribution in [2.45, 2.75) is 68.3 Å². The minimum Gasteiger partial charge on any atom is -0.504 e. The number of aromatic hydroxyl groups is 2. The fourth-order valence-corrected chi connectivity index (χ4v) is 11.8. The highest BCUT2D eigenvalue weighted by Gasteiger charge is 2.63. The Labute approximate surface area is 316 Å². The predicted octanol–water partition coefficient (Wildman–Crippen LogP) is 3.41. The van der Waals surface area contributed by atoms with Gasteiger partial charge in [-0.05, 0) is 61.7 Å². The van der Waals surface area contributed by atoms with Gasteiger partial charge in [-0.1, -0.05) is 6.07 Å². The quantitative estimate of drug-likeness (QED) is 0.226. The Bertz CT molecular complexity index is 2150. The molecule has 2 fully saturated rings. The molecule has 2 saturated heterocycles. The number of carbonyl (C=O) groups is 2. The maximum atomic E-state index is 14.7. The molecule has 54 heavy (non-hydrogen) atoms. The first-order chi connectivity index (χ1) is 25.8. The van der Waals surface area contributed by atoms with Crippen LogP contribution >= 0.6 is 11.8 Å². The Morgan fingerprint density at radius 3 is 2.54 bits per heavy atom. The fraction of sp³-hybridized carbons (Fsp3) is 0.487. The van der Waals surface area contributed by atoms with Gasteiger partial charge in [-0.2, -0.15) is 0 Å². The molecule has 4 N–H and O–H groups in total. The van der Waals surface area contributed by atoms with Gasteiger partial charge in [-0.15, -0.1) is 11.8 Å². The van der Waals surface area contributed by atoms with E-state index in [-0.39, 0.29) is 49.4 Å². The van der Waals surface area contributed by atoms with Crippen molar-refractivity contribution in [1.82, 2.24) is 15.1 Å². The molecule has 3 aromatic rings. The number of carbonyl (C=O) groups excluding carboxylic acids is 2. The summed E-state index contributed by atoms with van der Waals surface area (Å²) in [7, 11) is 4.92. The molecule has 0 saturated carbocycles. The number of thioether (sulfide) groups is 1. The van der Waals surface area contributed by atoms with Crippen LogP contribution in [-0.4, -0.2) is 102 Å². The van der Waals surface area contributed by atoms with Crippen molar-refractivity contribution in [3.05, 3.63) is 62.7 Å². The molecule has 3 aromatic carbocycles. The number of nitrogens with zero attached hydrogens (tertiary/aromatic N) is 2. The van der Waals surface area contributed by atoms with Crippen molar-refractivity contribution in [3.8, 4) is 40.2 Å². The summed E-state index contributed by atoms with van der Waals surface area (Å²) in [5.74, 6) is 0.890. The van der Waals surface area contributed by atoms with Crippen LogP contribution in [0.4, 0.5) is 0 Å². The molecule has 0 amide bonds. The second-order valence-electron chi connectivity index (χ2n) is 15.1. The first-order valence-electron chi connectivity index (χ1n) is 18.0. The highest BCUT2D eigenvalue weighted by molar-refractivity contribution is 7.99. The molecule has 4 bridgehead atoms. The topological polar surface area (TPSA) is 169 Å². The summed E-state index contributed by atoms with van der Waals surface area (Å²) in [6.45, 7) is 5.44. The molecule has 15 heteroatoms. The van der Waals surface area contributed by atoms with Gasteiger partial charge in [-0.25, -0.2) is 4.79 Å². The van der Waals surface area contributed by atoms with Crippen molar-refractivity contribution in [2.75, 3.05) is 53.5 Å². The van der Waals surface area contributed by atoms with E-state index in [1.807, 2.05) is 31.9 Å². The number of piperazine rings is 1. The van der Waals surface area contributed by atoms with Gasteiger partial charge in [0.15, 0.2) is 40.0 Å². The summed E-state index contributed by atoms with van der Waals surface area (Å²) in [6, 6.07) is 3.43. The molecule has 8 aliphatic rings. The van der Waals surface area contributed by atoms with Gasteiger partial charge >= 0.3 is 11.9 Å². The number of ether oxygens (including phenoxy) is 6. The zero-order valence-electron chi connectivity index (χ0n) is 30.9. The zero-order valence-corrected chi connectivity index (χ0v) is 31.7. The van der Waals surface area contributed by atoms with E-state index in [1.54, 1.807) is 12.1 Å².